The molecule has 1 aromatic heterocycles. The third-order valence-corrected chi connectivity index (χ3v) is 3.93. The van der Waals surface area contributed by atoms with E-state index in [9.17, 15) is 4.79 Å². The van der Waals surface area contributed by atoms with Gasteiger partial charge >= 0.3 is 0 Å². The van der Waals surface area contributed by atoms with Crippen molar-refractivity contribution in [3.05, 3.63) is 42.2 Å². The summed E-state index contributed by atoms with van der Waals surface area (Å²) in [6.45, 7) is 5.79. The van der Waals surface area contributed by atoms with Crippen LogP contribution in [0.15, 0.2) is 36.7 Å². The number of pyridine rings is 1. The number of rotatable bonds is 6. The highest BCUT2D eigenvalue weighted by atomic mass is 16.2. The number of nitrogens with two attached hydrogens (primary N) is 1. The number of carbonyl (C=O) groups excluding carboxylic acids is 1. The molecule has 0 radical (unpaired) electrons. The van der Waals surface area contributed by atoms with E-state index >= 15 is 0 Å². The predicted molar refractivity (Wildman–Crippen MR) is 85.9 cm³/mol. The molecule has 0 aliphatic carbocycles. The van der Waals surface area contributed by atoms with Crippen molar-refractivity contribution in [1.29, 1.82) is 0 Å². The van der Waals surface area contributed by atoms with Crippen LogP contribution in [0.25, 0.3) is 10.8 Å². The molecule has 4 heteroatoms. The Bertz CT molecular complexity index is 603. The number of aromatic nitrogens is 1. The lowest BCUT2D eigenvalue weighted by Gasteiger charge is -2.24. The Balaban J connectivity index is 2.27. The van der Waals surface area contributed by atoms with E-state index < -0.39 is 0 Å². The first-order chi connectivity index (χ1) is 10.2. The monoisotopic (exact) mass is 285 g/mol. The molecule has 0 saturated heterocycles. The summed E-state index contributed by atoms with van der Waals surface area (Å²) in [4.78, 5) is 18.6. The first-order valence-corrected chi connectivity index (χ1v) is 7.51. The molecule has 2 aromatic rings. The Hall–Kier alpha value is -1.94. The minimum atomic E-state index is -0.183. The van der Waals surface area contributed by atoms with Crippen molar-refractivity contribution in [2.45, 2.75) is 20.3 Å². The van der Waals surface area contributed by atoms with E-state index in [1.54, 1.807) is 0 Å². The third kappa shape index (κ3) is 3.39. The van der Waals surface area contributed by atoms with Crippen LogP contribution in [-0.4, -0.2) is 35.4 Å². The number of amides is 1. The molecule has 2 N–H and O–H groups in total. The SMILES string of the molecule is CCN(CC)C(=O)C(CN)Cc1cncc2ccccc12. The molecule has 21 heavy (non-hydrogen) atoms. The van der Waals surface area contributed by atoms with Crippen LogP contribution in [0, 0.1) is 5.92 Å². The second-order valence-corrected chi connectivity index (χ2v) is 5.17. The number of carbonyl (C=O) groups is 1. The highest BCUT2D eigenvalue weighted by molar-refractivity contribution is 5.86. The minimum Gasteiger partial charge on any atom is -0.343 e. The van der Waals surface area contributed by atoms with Crippen LogP contribution in [0.1, 0.15) is 19.4 Å². The summed E-state index contributed by atoms with van der Waals surface area (Å²) >= 11 is 0. The molecule has 1 atom stereocenters. The summed E-state index contributed by atoms with van der Waals surface area (Å²) in [7, 11) is 0. The number of hydrogen-bond donors (Lipinski definition) is 1. The van der Waals surface area contributed by atoms with Gasteiger partial charge in [-0.05, 0) is 31.2 Å². The molecule has 0 aliphatic rings. The Kier molecular flexibility index (Phi) is 5.28. The van der Waals surface area contributed by atoms with Gasteiger partial charge in [0.2, 0.25) is 5.91 Å². The van der Waals surface area contributed by atoms with E-state index in [2.05, 4.69) is 11.1 Å². The zero-order valence-corrected chi connectivity index (χ0v) is 12.7. The number of fused-ring (bicyclic) bond motifs is 1. The summed E-state index contributed by atoms with van der Waals surface area (Å²) in [5, 5.41) is 2.25. The van der Waals surface area contributed by atoms with Crippen molar-refractivity contribution in [1.82, 2.24) is 9.88 Å². The summed E-state index contributed by atoms with van der Waals surface area (Å²) in [5.74, 6) is -0.0482. The molecule has 112 valence electrons. The molecule has 0 fully saturated rings. The second kappa shape index (κ2) is 7.18. The Morgan fingerprint density at radius 2 is 1.95 bits per heavy atom. The first-order valence-electron chi connectivity index (χ1n) is 7.51. The minimum absolute atomic E-state index is 0.135. The van der Waals surface area contributed by atoms with Gasteiger partial charge in [0.25, 0.3) is 0 Å². The van der Waals surface area contributed by atoms with E-state index in [1.165, 1.54) is 0 Å². The van der Waals surface area contributed by atoms with Gasteiger partial charge in [0.15, 0.2) is 0 Å². The largest absolute Gasteiger partial charge is 0.343 e. The van der Waals surface area contributed by atoms with Crippen LogP contribution in [0.5, 0.6) is 0 Å². The normalized spacial score (nSPS) is 12.3. The number of nitrogens with zero attached hydrogens (tertiary/aromatic N) is 2. The number of benzene rings is 1. The molecule has 0 aliphatic heterocycles. The summed E-state index contributed by atoms with van der Waals surface area (Å²) in [6.07, 6.45) is 4.34. The Labute approximate surface area is 126 Å². The third-order valence-electron chi connectivity index (χ3n) is 3.93. The lowest BCUT2D eigenvalue weighted by molar-refractivity contribution is -0.134. The van der Waals surface area contributed by atoms with Gasteiger partial charge in [-0.25, -0.2) is 0 Å². The quantitative estimate of drug-likeness (QED) is 0.885. The maximum Gasteiger partial charge on any atom is 0.227 e. The van der Waals surface area contributed by atoms with Gasteiger partial charge in [0.1, 0.15) is 0 Å². The smallest absolute Gasteiger partial charge is 0.227 e. The van der Waals surface area contributed by atoms with Crippen molar-refractivity contribution in [2.24, 2.45) is 11.7 Å². The van der Waals surface area contributed by atoms with Gasteiger partial charge in [-0.15, -0.1) is 0 Å². The Morgan fingerprint density at radius 1 is 1.24 bits per heavy atom. The van der Waals surface area contributed by atoms with Crippen molar-refractivity contribution < 1.29 is 4.79 Å². The lowest BCUT2D eigenvalue weighted by Crippen LogP contribution is -2.39. The first kappa shape index (κ1) is 15.4. The maximum absolute atomic E-state index is 12.5. The van der Waals surface area contributed by atoms with E-state index in [0.29, 0.717) is 13.0 Å². The van der Waals surface area contributed by atoms with Crippen molar-refractivity contribution in [2.75, 3.05) is 19.6 Å². The van der Waals surface area contributed by atoms with E-state index in [4.69, 9.17) is 5.73 Å². The topological polar surface area (TPSA) is 59.2 Å². The fourth-order valence-electron chi connectivity index (χ4n) is 2.67. The highest BCUT2D eigenvalue weighted by Crippen LogP contribution is 2.20. The van der Waals surface area contributed by atoms with Crippen LogP contribution in [0.3, 0.4) is 0 Å². The van der Waals surface area contributed by atoms with E-state index in [0.717, 1.165) is 29.4 Å². The summed E-state index contributed by atoms with van der Waals surface area (Å²) in [5.41, 5.74) is 6.93. The molecule has 1 unspecified atom stereocenters. The second-order valence-electron chi connectivity index (χ2n) is 5.17. The standard InChI is InChI=1S/C17H23N3O/c1-3-20(4-2)17(21)14(10-18)9-15-12-19-11-13-7-5-6-8-16(13)15/h5-8,11-12,14H,3-4,9-10,18H2,1-2H3. The van der Waals surface area contributed by atoms with Crippen LogP contribution in [-0.2, 0) is 11.2 Å². The van der Waals surface area contributed by atoms with Gasteiger partial charge in [-0.2, -0.15) is 0 Å². The molecule has 1 heterocycles. The lowest BCUT2D eigenvalue weighted by atomic mass is 9.95. The molecule has 0 spiro atoms. The van der Waals surface area contributed by atoms with Gasteiger partial charge in [0, 0.05) is 37.4 Å². The summed E-state index contributed by atoms with van der Waals surface area (Å²) < 4.78 is 0. The molecule has 1 amide bonds. The van der Waals surface area contributed by atoms with Gasteiger partial charge in [0.05, 0.1) is 5.92 Å². The van der Waals surface area contributed by atoms with Crippen molar-refractivity contribution in [3.8, 4) is 0 Å². The van der Waals surface area contributed by atoms with Crippen LogP contribution >= 0.6 is 0 Å². The van der Waals surface area contributed by atoms with E-state index in [1.807, 2.05) is 49.3 Å². The average molecular weight is 285 g/mol. The van der Waals surface area contributed by atoms with Gasteiger partial charge in [-0.3, -0.25) is 9.78 Å². The number of hydrogen-bond acceptors (Lipinski definition) is 3. The van der Waals surface area contributed by atoms with Crippen molar-refractivity contribution in [3.63, 3.8) is 0 Å². The molecule has 1 aromatic carbocycles. The fourth-order valence-corrected chi connectivity index (χ4v) is 2.67. The van der Waals surface area contributed by atoms with Gasteiger partial charge < -0.3 is 10.6 Å². The zero-order chi connectivity index (χ0) is 15.2. The fraction of sp³-hybridized carbons (Fsp3) is 0.412. The molecule has 0 bridgehead atoms. The van der Waals surface area contributed by atoms with Crippen LogP contribution < -0.4 is 5.73 Å². The maximum atomic E-state index is 12.5. The molecule has 2 rings (SSSR count). The van der Waals surface area contributed by atoms with E-state index in [-0.39, 0.29) is 11.8 Å². The molecule has 4 nitrogen and oxygen atoms in total. The average Bonchev–Trinajstić information content (AvgIpc) is 2.53. The molecular weight excluding hydrogens is 262 g/mol. The Morgan fingerprint density at radius 3 is 2.62 bits per heavy atom. The van der Waals surface area contributed by atoms with Crippen LogP contribution in [0.2, 0.25) is 0 Å². The van der Waals surface area contributed by atoms with Crippen molar-refractivity contribution >= 4 is 16.7 Å². The summed E-state index contributed by atoms with van der Waals surface area (Å²) in [6, 6.07) is 8.11. The van der Waals surface area contributed by atoms with Crippen LogP contribution in [0.4, 0.5) is 0 Å². The highest BCUT2D eigenvalue weighted by Gasteiger charge is 2.22. The zero-order valence-electron chi connectivity index (χ0n) is 12.7. The molecule has 0 saturated carbocycles. The predicted octanol–water partition coefficient (Wildman–Crippen LogP) is 2.22. The van der Waals surface area contributed by atoms with Gasteiger partial charge in [-0.1, -0.05) is 24.3 Å². The molecular formula is C17H23N3O.